The highest BCUT2D eigenvalue weighted by atomic mass is 32.2. The van der Waals surface area contributed by atoms with Gasteiger partial charge in [-0.15, -0.1) is 0 Å². The van der Waals surface area contributed by atoms with Crippen molar-refractivity contribution < 1.29 is 13.9 Å². The van der Waals surface area contributed by atoms with E-state index in [9.17, 15) is 9.18 Å². The Morgan fingerprint density at radius 3 is 2.53 bits per heavy atom. The van der Waals surface area contributed by atoms with E-state index in [1.54, 1.807) is 24.2 Å². The highest BCUT2D eigenvalue weighted by Crippen LogP contribution is 2.35. The van der Waals surface area contributed by atoms with Gasteiger partial charge in [0, 0.05) is 19.6 Å². The summed E-state index contributed by atoms with van der Waals surface area (Å²) in [5.41, 5.74) is 2.05. The first-order valence-electron chi connectivity index (χ1n) is 10.1. The molecule has 0 spiro atoms. The normalized spacial score (nSPS) is 19.4. The predicted octanol–water partition coefficient (Wildman–Crippen LogP) is 5.06. The number of methoxy groups -OCH3 is 1. The molecule has 30 heavy (non-hydrogen) atoms. The Balaban J connectivity index is 1.58. The zero-order valence-electron chi connectivity index (χ0n) is 17.1. The molecule has 2 heterocycles. The highest BCUT2D eigenvalue weighted by Gasteiger charge is 2.32. The van der Waals surface area contributed by atoms with Gasteiger partial charge in [-0.3, -0.25) is 9.69 Å². The number of amidine groups is 1. The van der Waals surface area contributed by atoms with Crippen LogP contribution in [0.2, 0.25) is 0 Å². The first-order chi connectivity index (χ1) is 14.6. The van der Waals surface area contributed by atoms with Crippen LogP contribution in [0.5, 0.6) is 5.75 Å². The summed E-state index contributed by atoms with van der Waals surface area (Å²) in [6, 6.07) is 12.5. The lowest BCUT2D eigenvalue weighted by Crippen LogP contribution is -2.28. The molecule has 0 atom stereocenters. The van der Waals surface area contributed by atoms with Gasteiger partial charge in [0.1, 0.15) is 11.6 Å². The van der Waals surface area contributed by atoms with E-state index in [0.29, 0.717) is 27.9 Å². The number of hydrogen-bond acceptors (Lipinski definition) is 5. The number of amides is 1. The molecule has 0 radical (unpaired) electrons. The number of rotatable bonds is 5. The van der Waals surface area contributed by atoms with Crippen LogP contribution in [0.1, 0.15) is 25.3 Å². The molecular weight excluding hydrogens is 401 g/mol. The van der Waals surface area contributed by atoms with E-state index in [2.05, 4.69) is 9.89 Å². The van der Waals surface area contributed by atoms with Gasteiger partial charge < -0.3 is 9.64 Å². The number of ether oxygens (including phenoxy) is 1. The van der Waals surface area contributed by atoms with Gasteiger partial charge in [0.05, 0.1) is 23.4 Å². The number of carbonyl (C=O) groups is 1. The molecule has 7 heteroatoms. The van der Waals surface area contributed by atoms with E-state index >= 15 is 0 Å². The molecule has 2 saturated heterocycles. The molecule has 2 fully saturated rings. The third kappa shape index (κ3) is 4.21. The van der Waals surface area contributed by atoms with Crippen molar-refractivity contribution in [3.05, 3.63) is 58.8 Å². The third-order valence-corrected chi connectivity index (χ3v) is 6.22. The average molecular weight is 426 g/mol. The van der Waals surface area contributed by atoms with Crippen molar-refractivity contribution in [3.63, 3.8) is 0 Å². The van der Waals surface area contributed by atoms with E-state index in [1.165, 1.54) is 17.8 Å². The Bertz CT molecular complexity index is 998. The standard InChI is InChI=1S/C23H24FN3O2S/c1-3-27-22(28)21(30-23(27)25-17-7-9-18(29-2)10-8-17)15-16-6-11-20(19(24)14-16)26-12-4-5-13-26/h6-11,14-15H,3-5,12-13H2,1-2H3/b21-15+,25-23?. The summed E-state index contributed by atoms with van der Waals surface area (Å²) >= 11 is 1.31. The first-order valence-corrected chi connectivity index (χ1v) is 10.9. The minimum Gasteiger partial charge on any atom is -0.497 e. The molecule has 0 bridgehead atoms. The van der Waals surface area contributed by atoms with Gasteiger partial charge in [-0.2, -0.15) is 0 Å². The molecule has 4 rings (SSSR count). The lowest BCUT2D eigenvalue weighted by Gasteiger charge is -2.18. The quantitative estimate of drug-likeness (QED) is 0.629. The van der Waals surface area contributed by atoms with Crippen LogP contribution in [0, 0.1) is 5.82 Å². The number of thioether (sulfide) groups is 1. The Morgan fingerprint density at radius 1 is 1.17 bits per heavy atom. The fourth-order valence-corrected chi connectivity index (χ4v) is 4.68. The summed E-state index contributed by atoms with van der Waals surface area (Å²) in [5, 5.41) is 0.619. The van der Waals surface area contributed by atoms with Gasteiger partial charge >= 0.3 is 0 Å². The monoisotopic (exact) mass is 425 g/mol. The molecule has 156 valence electrons. The number of anilines is 1. The molecule has 0 unspecified atom stereocenters. The summed E-state index contributed by atoms with van der Waals surface area (Å²) in [4.78, 5) is 21.7. The van der Waals surface area contributed by atoms with E-state index in [1.807, 2.05) is 37.3 Å². The van der Waals surface area contributed by atoms with Gasteiger partial charge in [0.15, 0.2) is 5.17 Å². The molecule has 0 aromatic heterocycles. The van der Waals surface area contributed by atoms with Crippen LogP contribution in [0.15, 0.2) is 52.4 Å². The zero-order chi connectivity index (χ0) is 21.1. The smallest absolute Gasteiger partial charge is 0.266 e. The maximum atomic E-state index is 14.6. The number of nitrogens with zero attached hydrogens (tertiary/aromatic N) is 3. The molecule has 2 aromatic carbocycles. The van der Waals surface area contributed by atoms with Gasteiger partial charge in [-0.25, -0.2) is 9.38 Å². The van der Waals surface area contributed by atoms with Crippen molar-refractivity contribution in [3.8, 4) is 5.75 Å². The van der Waals surface area contributed by atoms with E-state index < -0.39 is 0 Å². The van der Waals surface area contributed by atoms with Crippen molar-refractivity contribution in [1.82, 2.24) is 4.90 Å². The van der Waals surface area contributed by atoms with E-state index in [4.69, 9.17) is 4.74 Å². The van der Waals surface area contributed by atoms with Crippen LogP contribution < -0.4 is 9.64 Å². The number of aliphatic imine (C=N–C) groups is 1. The molecule has 2 aliphatic rings. The molecule has 0 aliphatic carbocycles. The Labute approximate surface area is 180 Å². The fourth-order valence-electron chi connectivity index (χ4n) is 3.62. The topological polar surface area (TPSA) is 45.1 Å². The molecule has 1 amide bonds. The molecular formula is C23H24FN3O2S. The lowest BCUT2D eigenvalue weighted by atomic mass is 10.1. The molecule has 0 saturated carbocycles. The Hall–Kier alpha value is -2.80. The molecule has 2 aromatic rings. The van der Waals surface area contributed by atoms with Crippen LogP contribution in [0.3, 0.4) is 0 Å². The maximum Gasteiger partial charge on any atom is 0.266 e. The van der Waals surface area contributed by atoms with Gasteiger partial charge in [-0.05, 0) is 79.6 Å². The molecule has 5 nitrogen and oxygen atoms in total. The van der Waals surface area contributed by atoms with Crippen LogP contribution in [0.25, 0.3) is 6.08 Å². The second-order valence-corrected chi connectivity index (χ2v) is 8.17. The van der Waals surface area contributed by atoms with Crippen molar-refractivity contribution in [2.24, 2.45) is 4.99 Å². The van der Waals surface area contributed by atoms with Crippen LogP contribution in [-0.2, 0) is 4.79 Å². The average Bonchev–Trinajstić information content (AvgIpc) is 3.37. The fraction of sp³-hybridized carbons (Fsp3) is 0.304. The minimum atomic E-state index is -0.249. The van der Waals surface area contributed by atoms with Crippen LogP contribution in [0.4, 0.5) is 15.8 Å². The number of halogens is 1. The number of benzene rings is 2. The SMILES string of the molecule is CCN1C(=O)/C(=C\c2ccc(N3CCCC3)c(F)c2)SC1=Nc1ccc(OC)cc1. The first kappa shape index (κ1) is 20.5. The lowest BCUT2D eigenvalue weighted by molar-refractivity contribution is -0.122. The molecule has 0 N–H and O–H groups in total. The second kappa shape index (κ2) is 8.92. The largest absolute Gasteiger partial charge is 0.497 e. The van der Waals surface area contributed by atoms with Gasteiger partial charge in [-0.1, -0.05) is 6.07 Å². The number of hydrogen-bond donors (Lipinski definition) is 0. The van der Waals surface area contributed by atoms with E-state index in [0.717, 1.165) is 37.4 Å². The van der Waals surface area contributed by atoms with Crippen LogP contribution in [-0.4, -0.2) is 42.7 Å². The van der Waals surface area contributed by atoms with Gasteiger partial charge in [0.2, 0.25) is 0 Å². The zero-order valence-corrected chi connectivity index (χ0v) is 17.9. The van der Waals surface area contributed by atoms with Crippen molar-refractivity contribution in [2.45, 2.75) is 19.8 Å². The Morgan fingerprint density at radius 2 is 1.90 bits per heavy atom. The summed E-state index contributed by atoms with van der Waals surface area (Å²) in [6.07, 6.45) is 3.93. The van der Waals surface area contributed by atoms with Crippen molar-refractivity contribution in [1.29, 1.82) is 0 Å². The predicted molar refractivity (Wildman–Crippen MR) is 121 cm³/mol. The summed E-state index contributed by atoms with van der Waals surface area (Å²) < 4.78 is 19.8. The number of carbonyl (C=O) groups excluding carboxylic acids is 1. The second-order valence-electron chi connectivity index (χ2n) is 7.16. The van der Waals surface area contributed by atoms with Gasteiger partial charge in [0.25, 0.3) is 5.91 Å². The maximum absolute atomic E-state index is 14.6. The van der Waals surface area contributed by atoms with Crippen molar-refractivity contribution >= 4 is 40.3 Å². The van der Waals surface area contributed by atoms with Crippen molar-refractivity contribution in [2.75, 3.05) is 31.6 Å². The number of likely N-dealkylation sites (N-methyl/N-ethyl adjacent to an activating group) is 1. The third-order valence-electron chi connectivity index (χ3n) is 5.22. The molecule has 2 aliphatic heterocycles. The summed E-state index contributed by atoms with van der Waals surface area (Å²) in [5.74, 6) is 0.390. The summed E-state index contributed by atoms with van der Waals surface area (Å²) in [6.45, 7) is 4.21. The van der Waals surface area contributed by atoms with Crippen LogP contribution >= 0.6 is 11.8 Å². The summed E-state index contributed by atoms with van der Waals surface area (Å²) in [7, 11) is 1.61. The van der Waals surface area contributed by atoms with E-state index in [-0.39, 0.29) is 11.7 Å². The Kier molecular flexibility index (Phi) is 6.08. The highest BCUT2D eigenvalue weighted by molar-refractivity contribution is 8.18. The minimum absolute atomic E-state index is 0.112.